The molecule has 9 heteroatoms. The second-order valence-corrected chi connectivity index (χ2v) is 10.9. The van der Waals surface area contributed by atoms with Crippen molar-refractivity contribution in [3.8, 4) is 11.8 Å². The molecule has 1 aliphatic carbocycles. The highest BCUT2D eigenvalue weighted by Gasteiger charge is 2.27. The van der Waals surface area contributed by atoms with Gasteiger partial charge in [-0.3, -0.25) is 9.78 Å². The fourth-order valence-electron chi connectivity index (χ4n) is 4.39. The van der Waals surface area contributed by atoms with Crippen LogP contribution in [0.2, 0.25) is 0 Å². The van der Waals surface area contributed by atoms with Crippen molar-refractivity contribution in [2.75, 3.05) is 13.2 Å². The first-order valence-corrected chi connectivity index (χ1v) is 13.8. The summed E-state index contributed by atoms with van der Waals surface area (Å²) in [5, 5.41) is 12.6. The highest BCUT2D eigenvalue weighted by Crippen LogP contribution is 2.37. The van der Waals surface area contributed by atoms with Crippen molar-refractivity contribution >= 4 is 34.6 Å². The number of hydrogen-bond donors (Lipinski definition) is 1. The summed E-state index contributed by atoms with van der Waals surface area (Å²) in [7, 11) is 0. The number of aromatic nitrogens is 1. The lowest BCUT2D eigenvalue weighted by atomic mass is 9.87. The number of aryl methyl sites for hydroxylation is 1. The number of rotatable bonds is 11. The summed E-state index contributed by atoms with van der Waals surface area (Å²) >= 11 is 3.05. The van der Waals surface area contributed by atoms with Gasteiger partial charge in [-0.1, -0.05) is 18.2 Å². The maximum atomic E-state index is 12.8. The standard InChI is InChI=1S/C27H29N3O4S2/c1-2-33-24-6-4-3-5-19(24)8-9-20(31)12-26-23(13-28)22-10-7-18(11-25(22)36-26)16-34-27(32)30-15-21-14-29-17-35-21/h3-6,14,17-18H,2,7-12,15-16H2,1H3,(H,30,32). The molecule has 1 aromatic carbocycles. The highest BCUT2D eigenvalue weighted by molar-refractivity contribution is 7.12. The molecule has 188 valence electrons. The van der Waals surface area contributed by atoms with E-state index < -0.39 is 6.09 Å². The summed E-state index contributed by atoms with van der Waals surface area (Å²) in [4.78, 5) is 31.8. The van der Waals surface area contributed by atoms with E-state index >= 15 is 0 Å². The Hall–Kier alpha value is -3.22. The number of alkyl carbamates (subject to hydrolysis) is 1. The molecular weight excluding hydrogens is 494 g/mol. The van der Waals surface area contributed by atoms with Crippen LogP contribution in [0.1, 0.15) is 51.1 Å². The van der Waals surface area contributed by atoms with Crippen LogP contribution >= 0.6 is 22.7 Å². The molecule has 0 fully saturated rings. The van der Waals surface area contributed by atoms with Crippen LogP contribution in [0.25, 0.3) is 0 Å². The first-order chi connectivity index (χ1) is 17.6. The molecule has 0 radical (unpaired) electrons. The van der Waals surface area contributed by atoms with E-state index in [4.69, 9.17) is 9.47 Å². The molecule has 7 nitrogen and oxygen atoms in total. The Morgan fingerprint density at radius 1 is 1.31 bits per heavy atom. The summed E-state index contributed by atoms with van der Waals surface area (Å²) in [6.07, 6.45) is 4.96. The van der Waals surface area contributed by atoms with E-state index in [1.54, 1.807) is 23.0 Å². The first kappa shape index (κ1) is 25.9. The third kappa shape index (κ3) is 6.71. The lowest BCUT2D eigenvalue weighted by Crippen LogP contribution is -2.27. The molecule has 3 aromatic rings. The van der Waals surface area contributed by atoms with Crippen molar-refractivity contribution in [3.63, 3.8) is 0 Å². The number of nitrogens with one attached hydrogen (secondary N) is 1. The number of benzene rings is 1. The van der Waals surface area contributed by atoms with Crippen molar-refractivity contribution in [1.82, 2.24) is 10.3 Å². The molecule has 1 unspecified atom stereocenters. The molecule has 4 rings (SSSR count). The number of ether oxygens (including phenoxy) is 2. The summed E-state index contributed by atoms with van der Waals surface area (Å²) < 4.78 is 11.1. The van der Waals surface area contributed by atoms with Gasteiger partial charge in [-0.15, -0.1) is 22.7 Å². The van der Waals surface area contributed by atoms with E-state index in [-0.39, 0.29) is 18.1 Å². The zero-order chi connectivity index (χ0) is 25.3. The molecule has 0 bridgehead atoms. The zero-order valence-electron chi connectivity index (χ0n) is 20.2. The van der Waals surface area contributed by atoms with Gasteiger partial charge in [0.05, 0.1) is 30.8 Å². The second kappa shape index (κ2) is 12.7. The smallest absolute Gasteiger partial charge is 0.407 e. The Morgan fingerprint density at radius 3 is 2.94 bits per heavy atom. The summed E-state index contributed by atoms with van der Waals surface area (Å²) in [5.74, 6) is 1.15. The summed E-state index contributed by atoms with van der Waals surface area (Å²) in [6, 6.07) is 10.1. The fraction of sp³-hybridized carbons (Fsp3) is 0.407. The van der Waals surface area contributed by atoms with Crippen molar-refractivity contribution in [1.29, 1.82) is 5.26 Å². The van der Waals surface area contributed by atoms with Crippen LogP contribution in [0.15, 0.2) is 36.0 Å². The Kier molecular flexibility index (Phi) is 9.09. The molecule has 0 saturated carbocycles. The van der Waals surface area contributed by atoms with Crippen molar-refractivity contribution in [2.45, 2.75) is 52.0 Å². The van der Waals surface area contributed by atoms with Crippen LogP contribution in [0, 0.1) is 17.2 Å². The van der Waals surface area contributed by atoms with Crippen LogP contribution in [-0.4, -0.2) is 30.1 Å². The molecule has 1 amide bonds. The number of thiophene rings is 1. The third-order valence-electron chi connectivity index (χ3n) is 6.20. The van der Waals surface area contributed by atoms with E-state index in [0.29, 0.717) is 38.2 Å². The van der Waals surface area contributed by atoms with Crippen molar-refractivity contribution in [3.05, 3.63) is 67.3 Å². The zero-order valence-corrected chi connectivity index (χ0v) is 21.9. The average molecular weight is 524 g/mol. The van der Waals surface area contributed by atoms with E-state index in [1.165, 1.54) is 11.3 Å². The maximum absolute atomic E-state index is 12.8. The lowest BCUT2D eigenvalue weighted by molar-refractivity contribution is -0.118. The Balaban J connectivity index is 1.30. The van der Waals surface area contributed by atoms with Crippen LogP contribution in [-0.2, 0) is 41.8 Å². The number of amides is 1. The average Bonchev–Trinajstić information content (AvgIpc) is 3.53. The normalized spacial score (nSPS) is 14.5. The van der Waals surface area contributed by atoms with Gasteiger partial charge < -0.3 is 14.8 Å². The third-order valence-corrected chi connectivity index (χ3v) is 8.23. The molecule has 0 aliphatic heterocycles. The van der Waals surface area contributed by atoms with Gasteiger partial charge >= 0.3 is 6.09 Å². The minimum atomic E-state index is -0.435. The molecule has 2 aromatic heterocycles. The maximum Gasteiger partial charge on any atom is 0.407 e. The molecule has 2 heterocycles. The Bertz CT molecular complexity index is 1230. The monoisotopic (exact) mass is 523 g/mol. The van der Waals surface area contributed by atoms with Gasteiger partial charge in [-0.25, -0.2) is 4.79 Å². The molecule has 0 saturated heterocycles. The molecule has 1 N–H and O–H groups in total. The molecule has 36 heavy (non-hydrogen) atoms. The topological polar surface area (TPSA) is 101 Å². The number of ketones is 1. The van der Waals surface area contributed by atoms with Crippen LogP contribution in [0.5, 0.6) is 5.75 Å². The summed E-state index contributed by atoms with van der Waals surface area (Å²) in [5.41, 5.74) is 4.48. The molecule has 0 spiro atoms. The first-order valence-electron chi connectivity index (χ1n) is 12.1. The molecule has 1 atom stereocenters. The fourth-order valence-corrected chi connectivity index (χ4v) is 6.37. The van der Waals surface area contributed by atoms with Gasteiger partial charge in [0.15, 0.2) is 0 Å². The largest absolute Gasteiger partial charge is 0.494 e. The van der Waals surface area contributed by atoms with Crippen molar-refractivity contribution < 1.29 is 19.1 Å². The SMILES string of the molecule is CCOc1ccccc1CCC(=O)Cc1sc2c(c1C#N)CCC(COC(=O)NCc1cncs1)C2. The van der Waals surface area contributed by atoms with Gasteiger partial charge in [0, 0.05) is 33.7 Å². The second-order valence-electron chi connectivity index (χ2n) is 8.70. The minimum Gasteiger partial charge on any atom is -0.494 e. The lowest BCUT2D eigenvalue weighted by Gasteiger charge is -2.22. The minimum absolute atomic E-state index is 0.119. The number of carbonyl (C=O) groups is 2. The van der Waals surface area contributed by atoms with Crippen LogP contribution in [0.3, 0.4) is 0 Å². The van der Waals surface area contributed by atoms with Gasteiger partial charge in [0.25, 0.3) is 0 Å². The predicted molar refractivity (Wildman–Crippen MR) is 139 cm³/mol. The van der Waals surface area contributed by atoms with Gasteiger partial charge in [-0.2, -0.15) is 5.26 Å². The van der Waals surface area contributed by atoms with E-state index in [1.807, 2.05) is 31.2 Å². The number of para-hydroxylation sites is 1. The van der Waals surface area contributed by atoms with Crippen LogP contribution in [0.4, 0.5) is 4.79 Å². The quantitative estimate of drug-likeness (QED) is 0.368. The Morgan fingerprint density at radius 2 is 2.17 bits per heavy atom. The van der Waals surface area contributed by atoms with E-state index in [0.717, 1.165) is 50.8 Å². The van der Waals surface area contributed by atoms with Gasteiger partial charge in [0.1, 0.15) is 17.6 Å². The van der Waals surface area contributed by atoms with E-state index in [9.17, 15) is 14.9 Å². The van der Waals surface area contributed by atoms with E-state index in [2.05, 4.69) is 16.4 Å². The van der Waals surface area contributed by atoms with Crippen molar-refractivity contribution in [2.24, 2.45) is 5.92 Å². The highest BCUT2D eigenvalue weighted by atomic mass is 32.1. The number of thiazole rings is 1. The Labute approximate surface area is 219 Å². The summed E-state index contributed by atoms with van der Waals surface area (Å²) in [6.45, 7) is 3.27. The number of fused-ring (bicyclic) bond motifs is 1. The number of carbonyl (C=O) groups excluding carboxylic acids is 2. The molecule has 1 aliphatic rings. The van der Waals surface area contributed by atoms with Crippen LogP contribution < -0.4 is 10.1 Å². The number of nitrogens with zero attached hydrogens (tertiary/aromatic N) is 2. The number of hydrogen-bond acceptors (Lipinski definition) is 8. The predicted octanol–water partition coefficient (Wildman–Crippen LogP) is 5.25. The molecular formula is C27H29N3O4S2. The van der Waals surface area contributed by atoms with Gasteiger partial charge in [-0.05, 0) is 55.7 Å². The number of nitriles is 1. The van der Waals surface area contributed by atoms with Gasteiger partial charge in [0.2, 0.25) is 0 Å². The number of Topliss-reactive ketones (excluding diaryl/α,β-unsaturated/α-hetero) is 1.